The molecule has 0 amide bonds. The number of nitrogens with two attached hydrogens (primary N) is 1. The highest BCUT2D eigenvalue weighted by molar-refractivity contribution is 5.85. The van der Waals surface area contributed by atoms with Gasteiger partial charge in [-0.05, 0) is 31.0 Å². The number of para-hydroxylation sites is 1. The summed E-state index contributed by atoms with van der Waals surface area (Å²) < 4.78 is 4.21. The van der Waals surface area contributed by atoms with Gasteiger partial charge in [0.05, 0.1) is 11.8 Å². The van der Waals surface area contributed by atoms with E-state index in [1.54, 1.807) is 31.6 Å². The Morgan fingerprint density at radius 1 is 1.06 bits per heavy atom. The number of quaternary nitrogens is 1. The van der Waals surface area contributed by atoms with E-state index in [4.69, 9.17) is 0 Å². The molecule has 156 valence electrons. The van der Waals surface area contributed by atoms with E-state index in [0.717, 1.165) is 18.4 Å². The number of pyridine rings is 2. The second-order valence-corrected chi connectivity index (χ2v) is 7.82. The summed E-state index contributed by atoms with van der Waals surface area (Å²) in [6.45, 7) is 0.517. The van der Waals surface area contributed by atoms with Gasteiger partial charge in [-0.25, -0.2) is 9.36 Å². The molecule has 8 heteroatoms. The number of hydrogen-bond donors (Lipinski definition) is 1. The van der Waals surface area contributed by atoms with Crippen LogP contribution in [0.25, 0.3) is 16.7 Å². The average molecular weight is 416 g/mol. The average Bonchev–Trinajstić information content (AvgIpc) is 3.62. The fourth-order valence-electron chi connectivity index (χ4n) is 3.96. The molecule has 0 saturated heterocycles. The highest BCUT2D eigenvalue weighted by atomic mass is 16.2. The largest absolute Gasteiger partial charge is 0.337 e. The van der Waals surface area contributed by atoms with Gasteiger partial charge in [0, 0.05) is 31.0 Å². The van der Waals surface area contributed by atoms with E-state index in [1.165, 1.54) is 19.8 Å². The zero-order valence-corrected chi connectivity index (χ0v) is 17.1. The zero-order valence-electron chi connectivity index (χ0n) is 17.1. The van der Waals surface area contributed by atoms with Crippen molar-refractivity contribution >= 4 is 16.7 Å². The minimum Gasteiger partial charge on any atom is -0.309 e. The summed E-state index contributed by atoms with van der Waals surface area (Å²) >= 11 is 0. The summed E-state index contributed by atoms with van der Waals surface area (Å²) in [5, 5.41) is 2.24. The van der Waals surface area contributed by atoms with E-state index < -0.39 is 5.69 Å². The molecule has 1 aromatic carbocycles. The lowest BCUT2D eigenvalue weighted by atomic mass is 10.2. The first kappa shape index (κ1) is 19.2. The quantitative estimate of drug-likeness (QED) is 0.525. The number of nitrogens with zero attached hydrogens (tertiary/aromatic N) is 4. The van der Waals surface area contributed by atoms with E-state index in [-0.39, 0.29) is 17.2 Å². The Bertz CT molecular complexity index is 1450. The molecule has 3 aromatic heterocycles. The van der Waals surface area contributed by atoms with Gasteiger partial charge >= 0.3 is 5.69 Å². The normalized spacial score (nSPS) is 13.6. The van der Waals surface area contributed by atoms with Gasteiger partial charge in [-0.1, -0.05) is 24.3 Å². The molecule has 31 heavy (non-hydrogen) atoms. The van der Waals surface area contributed by atoms with Crippen LogP contribution in [0.5, 0.6) is 0 Å². The fraction of sp³-hybridized carbons (Fsp3) is 0.217. The van der Waals surface area contributed by atoms with Gasteiger partial charge in [0.25, 0.3) is 11.1 Å². The first-order valence-electron chi connectivity index (χ1n) is 10.2. The van der Waals surface area contributed by atoms with Crippen LogP contribution >= 0.6 is 0 Å². The van der Waals surface area contributed by atoms with Crippen molar-refractivity contribution < 1.29 is 5.32 Å². The molecule has 1 saturated carbocycles. The third-order valence-corrected chi connectivity index (χ3v) is 5.69. The second kappa shape index (κ2) is 7.48. The number of aryl methyl sites for hydroxylation is 1. The van der Waals surface area contributed by atoms with Gasteiger partial charge in [0.15, 0.2) is 5.69 Å². The third-order valence-electron chi connectivity index (χ3n) is 5.69. The maximum atomic E-state index is 13.5. The van der Waals surface area contributed by atoms with Crippen LogP contribution in [0, 0.1) is 0 Å². The van der Waals surface area contributed by atoms with Crippen molar-refractivity contribution in [2.75, 3.05) is 0 Å². The molecule has 2 N–H and O–H groups in total. The smallest absolute Gasteiger partial charge is 0.309 e. The predicted molar refractivity (Wildman–Crippen MR) is 117 cm³/mol. The SMILES string of the molecule is Cn1c(=O)cc([NH2+]Cc2cccnc2)c2c(=O)n(C3CC3)c(=O)n(-c3ccccc3)c21. The molecular formula is C23H22N5O3+. The van der Waals surface area contributed by atoms with E-state index in [2.05, 4.69) is 4.98 Å². The number of aromatic nitrogens is 4. The van der Waals surface area contributed by atoms with Crippen molar-refractivity contribution in [3.05, 3.63) is 97.7 Å². The van der Waals surface area contributed by atoms with Crippen LogP contribution < -0.4 is 22.1 Å². The van der Waals surface area contributed by atoms with E-state index in [0.29, 0.717) is 29.0 Å². The molecule has 8 nitrogen and oxygen atoms in total. The van der Waals surface area contributed by atoms with Crippen molar-refractivity contribution in [3.63, 3.8) is 0 Å². The lowest BCUT2D eigenvalue weighted by molar-refractivity contribution is -0.587. The Balaban J connectivity index is 1.83. The number of benzene rings is 1. The van der Waals surface area contributed by atoms with Crippen LogP contribution in [-0.2, 0) is 13.6 Å². The Morgan fingerprint density at radius 2 is 1.84 bits per heavy atom. The van der Waals surface area contributed by atoms with Crippen molar-refractivity contribution in [3.8, 4) is 5.69 Å². The monoisotopic (exact) mass is 416 g/mol. The lowest BCUT2D eigenvalue weighted by Crippen LogP contribution is -2.76. The molecule has 0 unspecified atom stereocenters. The molecule has 5 rings (SSSR count). The maximum absolute atomic E-state index is 13.5. The Kier molecular flexibility index (Phi) is 4.63. The van der Waals surface area contributed by atoms with Crippen LogP contribution in [-0.4, -0.2) is 18.7 Å². The first-order chi connectivity index (χ1) is 15.1. The summed E-state index contributed by atoms with van der Waals surface area (Å²) in [4.78, 5) is 43.9. The van der Waals surface area contributed by atoms with Gasteiger partial charge in [0.2, 0.25) is 0 Å². The lowest BCUT2D eigenvalue weighted by Gasteiger charge is -2.17. The van der Waals surface area contributed by atoms with Gasteiger partial charge in [-0.15, -0.1) is 0 Å². The van der Waals surface area contributed by atoms with Crippen LogP contribution in [0.1, 0.15) is 24.4 Å². The second-order valence-electron chi connectivity index (χ2n) is 7.82. The summed E-state index contributed by atoms with van der Waals surface area (Å²) in [6.07, 6.45) is 5.05. The van der Waals surface area contributed by atoms with Gasteiger partial charge in [-0.3, -0.25) is 23.7 Å². The predicted octanol–water partition coefficient (Wildman–Crippen LogP) is 0.976. The molecule has 0 radical (unpaired) electrons. The Morgan fingerprint density at radius 3 is 2.52 bits per heavy atom. The van der Waals surface area contributed by atoms with Crippen LogP contribution in [0.3, 0.4) is 0 Å². The standard InChI is InChI=1S/C23H21N5O3/c1-26-19(29)12-18(25-14-15-6-5-11-24-13-15)20-21(26)27(16-7-3-2-4-8-16)23(31)28(22(20)30)17-9-10-17/h2-8,11-13,17,25H,9-10,14H2,1H3/p+1. The highest BCUT2D eigenvalue weighted by Crippen LogP contribution is 2.33. The molecule has 0 atom stereocenters. The Labute approximate surface area is 177 Å². The van der Waals surface area contributed by atoms with Gasteiger partial charge in [-0.2, -0.15) is 0 Å². The number of hydrogen-bond acceptors (Lipinski definition) is 4. The number of rotatable bonds is 5. The van der Waals surface area contributed by atoms with Crippen molar-refractivity contribution in [1.29, 1.82) is 0 Å². The summed E-state index contributed by atoms with van der Waals surface area (Å²) in [7, 11) is 1.59. The van der Waals surface area contributed by atoms with Crippen LogP contribution in [0.15, 0.2) is 75.3 Å². The Hall–Kier alpha value is -3.78. The minimum absolute atomic E-state index is 0.0947. The van der Waals surface area contributed by atoms with E-state index in [1.807, 2.05) is 35.6 Å². The molecule has 0 aliphatic heterocycles. The van der Waals surface area contributed by atoms with Crippen molar-refractivity contribution in [2.24, 2.45) is 7.05 Å². The highest BCUT2D eigenvalue weighted by Gasteiger charge is 2.31. The third kappa shape index (κ3) is 3.30. The minimum atomic E-state index is -0.411. The topological polar surface area (TPSA) is 95.5 Å². The van der Waals surface area contributed by atoms with Crippen LogP contribution in [0.4, 0.5) is 5.69 Å². The summed E-state index contributed by atoms with van der Waals surface area (Å²) in [5.41, 5.74) is 1.39. The maximum Gasteiger partial charge on any atom is 0.337 e. The van der Waals surface area contributed by atoms with E-state index in [9.17, 15) is 14.4 Å². The molecule has 3 heterocycles. The molecule has 0 bridgehead atoms. The fourth-order valence-corrected chi connectivity index (χ4v) is 3.96. The summed E-state index contributed by atoms with van der Waals surface area (Å²) in [6, 6.07) is 14.3. The van der Waals surface area contributed by atoms with E-state index >= 15 is 0 Å². The molecule has 1 aliphatic carbocycles. The number of fused-ring (bicyclic) bond motifs is 1. The van der Waals surface area contributed by atoms with Gasteiger partial charge < -0.3 is 5.32 Å². The molecule has 4 aromatic rings. The van der Waals surface area contributed by atoms with Crippen LogP contribution in [0.2, 0.25) is 0 Å². The van der Waals surface area contributed by atoms with Crippen molar-refractivity contribution in [2.45, 2.75) is 25.4 Å². The molecule has 1 aliphatic rings. The van der Waals surface area contributed by atoms with Gasteiger partial charge in [0.1, 0.15) is 17.6 Å². The van der Waals surface area contributed by atoms with Crippen molar-refractivity contribution in [1.82, 2.24) is 18.7 Å². The molecule has 0 spiro atoms. The first-order valence-corrected chi connectivity index (χ1v) is 10.2. The molecule has 1 fully saturated rings. The summed E-state index contributed by atoms with van der Waals surface area (Å²) in [5.74, 6) is 0. The zero-order chi connectivity index (χ0) is 21.5. The molecular weight excluding hydrogens is 394 g/mol.